The quantitative estimate of drug-likeness (QED) is 0.667. The fourth-order valence-electron chi connectivity index (χ4n) is 1.07. The molecule has 0 bridgehead atoms. The second kappa shape index (κ2) is 7.03. The Labute approximate surface area is 87.8 Å². The van der Waals surface area contributed by atoms with E-state index in [9.17, 15) is 13.2 Å². The van der Waals surface area contributed by atoms with E-state index in [1.807, 2.05) is 6.92 Å². The van der Waals surface area contributed by atoms with Crippen molar-refractivity contribution in [3.63, 3.8) is 0 Å². The lowest BCUT2D eigenvalue weighted by molar-refractivity contribution is -0.207. The van der Waals surface area contributed by atoms with Gasteiger partial charge in [0.25, 0.3) is 0 Å². The van der Waals surface area contributed by atoms with Crippen LogP contribution in [0.15, 0.2) is 0 Å². The smallest absolute Gasteiger partial charge is 0.382 e. The molecular weight excluding hydrogens is 211 g/mol. The largest absolute Gasteiger partial charge is 0.415 e. The molecule has 0 aliphatic rings. The van der Waals surface area contributed by atoms with Gasteiger partial charge in [-0.2, -0.15) is 13.2 Å². The molecule has 0 aromatic rings. The van der Waals surface area contributed by atoms with Gasteiger partial charge in [0.15, 0.2) is 6.10 Å². The molecule has 0 aromatic heterocycles. The highest BCUT2D eigenvalue weighted by Gasteiger charge is 2.38. The Kier molecular flexibility index (Phi) is 6.87. The van der Waals surface area contributed by atoms with E-state index in [-0.39, 0.29) is 0 Å². The van der Waals surface area contributed by atoms with Gasteiger partial charge in [-0.05, 0) is 20.4 Å². The molecule has 0 aromatic carbocycles. The first-order chi connectivity index (χ1) is 6.88. The minimum absolute atomic E-state index is 0.393. The van der Waals surface area contributed by atoms with Crippen LogP contribution in [0.5, 0.6) is 0 Å². The summed E-state index contributed by atoms with van der Waals surface area (Å²) >= 11 is 0. The summed E-state index contributed by atoms with van der Waals surface area (Å²) in [6, 6.07) is 0. The van der Waals surface area contributed by atoms with Gasteiger partial charge in [0.2, 0.25) is 0 Å². The SMILES string of the molecule is CCOCCCN(C)CC(O)C(F)(F)F. The Morgan fingerprint density at radius 1 is 1.40 bits per heavy atom. The number of alkyl halides is 3. The number of halogens is 3. The number of nitrogens with zero attached hydrogens (tertiary/aromatic N) is 1. The van der Waals surface area contributed by atoms with Crippen molar-refractivity contribution in [2.24, 2.45) is 0 Å². The first-order valence-electron chi connectivity index (χ1n) is 4.89. The summed E-state index contributed by atoms with van der Waals surface area (Å²) < 4.78 is 40.9. The van der Waals surface area contributed by atoms with Crippen molar-refractivity contribution in [1.82, 2.24) is 4.90 Å². The molecular formula is C9H18F3NO2. The minimum atomic E-state index is -4.53. The first kappa shape index (κ1) is 14.7. The summed E-state index contributed by atoms with van der Waals surface area (Å²) in [6.45, 7) is 3.08. The zero-order valence-corrected chi connectivity index (χ0v) is 9.05. The van der Waals surface area contributed by atoms with E-state index in [2.05, 4.69) is 0 Å². The molecule has 0 spiro atoms. The number of aliphatic hydroxyl groups is 1. The van der Waals surface area contributed by atoms with Gasteiger partial charge in [-0.1, -0.05) is 0 Å². The van der Waals surface area contributed by atoms with Gasteiger partial charge in [-0.3, -0.25) is 0 Å². The van der Waals surface area contributed by atoms with Crippen LogP contribution >= 0.6 is 0 Å². The number of ether oxygens (including phenoxy) is 1. The van der Waals surface area contributed by atoms with Gasteiger partial charge in [0, 0.05) is 26.3 Å². The minimum Gasteiger partial charge on any atom is -0.382 e. The summed E-state index contributed by atoms with van der Waals surface area (Å²) in [5.41, 5.74) is 0. The van der Waals surface area contributed by atoms with Crippen molar-refractivity contribution in [3.05, 3.63) is 0 Å². The highest BCUT2D eigenvalue weighted by Crippen LogP contribution is 2.20. The van der Waals surface area contributed by atoms with Crippen molar-refractivity contribution in [2.75, 3.05) is 33.4 Å². The Morgan fingerprint density at radius 2 is 2.00 bits per heavy atom. The highest BCUT2D eigenvalue weighted by molar-refractivity contribution is 4.68. The number of hydrogen-bond donors (Lipinski definition) is 1. The van der Waals surface area contributed by atoms with E-state index in [4.69, 9.17) is 9.84 Å². The average Bonchev–Trinajstić information content (AvgIpc) is 2.11. The highest BCUT2D eigenvalue weighted by atomic mass is 19.4. The monoisotopic (exact) mass is 229 g/mol. The van der Waals surface area contributed by atoms with Crippen molar-refractivity contribution in [1.29, 1.82) is 0 Å². The van der Waals surface area contributed by atoms with E-state index >= 15 is 0 Å². The summed E-state index contributed by atoms with van der Waals surface area (Å²) in [4.78, 5) is 1.44. The first-order valence-corrected chi connectivity index (χ1v) is 4.89. The topological polar surface area (TPSA) is 32.7 Å². The summed E-state index contributed by atoms with van der Waals surface area (Å²) in [6.07, 6.45) is -6.14. The Morgan fingerprint density at radius 3 is 2.47 bits per heavy atom. The molecule has 6 heteroatoms. The Bertz CT molecular complexity index is 164. The Balaban J connectivity index is 3.60. The second-order valence-electron chi connectivity index (χ2n) is 3.37. The van der Waals surface area contributed by atoms with Crippen LogP contribution in [0.4, 0.5) is 13.2 Å². The van der Waals surface area contributed by atoms with Crippen molar-refractivity contribution >= 4 is 0 Å². The fourth-order valence-corrected chi connectivity index (χ4v) is 1.07. The van der Waals surface area contributed by atoms with E-state index in [0.29, 0.717) is 26.2 Å². The maximum atomic E-state index is 12.0. The van der Waals surface area contributed by atoms with Crippen LogP contribution in [0.25, 0.3) is 0 Å². The predicted molar refractivity (Wildman–Crippen MR) is 50.7 cm³/mol. The van der Waals surface area contributed by atoms with Crippen molar-refractivity contribution in [2.45, 2.75) is 25.6 Å². The summed E-state index contributed by atoms with van der Waals surface area (Å²) in [5.74, 6) is 0. The number of hydrogen-bond acceptors (Lipinski definition) is 3. The summed E-state index contributed by atoms with van der Waals surface area (Å²) in [5, 5.41) is 8.76. The van der Waals surface area contributed by atoms with Gasteiger partial charge < -0.3 is 14.7 Å². The maximum absolute atomic E-state index is 12.0. The molecule has 0 radical (unpaired) electrons. The van der Waals surface area contributed by atoms with Crippen LogP contribution in [0, 0.1) is 0 Å². The molecule has 0 heterocycles. The average molecular weight is 229 g/mol. The third-order valence-corrected chi connectivity index (χ3v) is 1.90. The lowest BCUT2D eigenvalue weighted by atomic mass is 10.3. The maximum Gasteiger partial charge on any atom is 0.415 e. The van der Waals surface area contributed by atoms with Crippen LogP contribution in [-0.4, -0.2) is 55.6 Å². The number of rotatable bonds is 7. The van der Waals surface area contributed by atoms with Crippen LogP contribution < -0.4 is 0 Å². The lowest BCUT2D eigenvalue weighted by Gasteiger charge is -2.21. The summed E-state index contributed by atoms with van der Waals surface area (Å²) in [7, 11) is 1.54. The molecule has 15 heavy (non-hydrogen) atoms. The van der Waals surface area contributed by atoms with Crippen molar-refractivity contribution in [3.8, 4) is 0 Å². The van der Waals surface area contributed by atoms with E-state index in [1.54, 1.807) is 7.05 Å². The molecule has 0 fully saturated rings. The fraction of sp³-hybridized carbons (Fsp3) is 1.00. The van der Waals surface area contributed by atoms with E-state index in [1.165, 1.54) is 4.90 Å². The van der Waals surface area contributed by atoms with Crippen molar-refractivity contribution < 1.29 is 23.0 Å². The predicted octanol–water partition coefficient (Wildman–Crippen LogP) is 1.27. The van der Waals surface area contributed by atoms with Gasteiger partial charge in [0.1, 0.15) is 0 Å². The lowest BCUT2D eigenvalue weighted by Crippen LogP contribution is -2.39. The van der Waals surface area contributed by atoms with Crippen LogP contribution in [-0.2, 0) is 4.74 Å². The molecule has 1 N–H and O–H groups in total. The zero-order chi connectivity index (χ0) is 11.9. The third-order valence-electron chi connectivity index (χ3n) is 1.90. The molecule has 0 rings (SSSR count). The van der Waals surface area contributed by atoms with Crippen LogP contribution in [0.3, 0.4) is 0 Å². The van der Waals surface area contributed by atoms with Gasteiger partial charge in [-0.15, -0.1) is 0 Å². The molecule has 0 saturated carbocycles. The number of aliphatic hydroxyl groups excluding tert-OH is 1. The molecule has 0 aliphatic carbocycles. The van der Waals surface area contributed by atoms with E-state index < -0.39 is 18.8 Å². The van der Waals surface area contributed by atoms with Crippen LogP contribution in [0.1, 0.15) is 13.3 Å². The molecule has 3 nitrogen and oxygen atoms in total. The molecule has 0 aliphatic heterocycles. The molecule has 1 unspecified atom stereocenters. The van der Waals surface area contributed by atoms with E-state index in [0.717, 1.165) is 0 Å². The standard InChI is InChI=1S/C9H18F3NO2/c1-3-15-6-4-5-13(2)7-8(14)9(10,11)12/h8,14H,3-7H2,1-2H3. The molecule has 0 saturated heterocycles. The Hall–Kier alpha value is -0.330. The molecule has 92 valence electrons. The van der Waals surface area contributed by atoms with Gasteiger partial charge >= 0.3 is 6.18 Å². The molecule has 1 atom stereocenters. The third kappa shape index (κ3) is 7.58. The molecule has 0 amide bonds. The van der Waals surface area contributed by atoms with Gasteiger partial charge in [0.05, 0.1) is 0 Å². The van der Waals surface area contributed by atoms with Crippen LogP contribution in [0.2, 0.25) is 0 Å². The normalized spacial score (nSPS) is 14.6. The zero-order valence-electron chi connectivity index (χ0n) is 9.05. The second-order valence-corrected chi connectivity index (χ2v) is 3.37. The van der Waals surface area contributed by atoms with Gasteiger partial charge in [-0.25, -0.2) is 0 Å². The number of likely N-dealkylation sites (N-methyl/N-ethyl adjacent to an activating group) is 1.